The van der Waals surface area contributed by atoms with Crippen molar-refractivity contribution in [2.75, 3.05) is 19.8 Å². The molecule has 3 nitrogen and oxygen atoms in total. The van der Waals surface area contributed by atoms with E-state index >= 15 is 0 Å². The van der Waals surface area contributed by atoms with Gasteiger partial charge in [-0.2, -0.15) is 0 Å². The van der Waals surface area contributed by atoms with Gasteiger partial charge in [-0.25, -0.2) is 0 Å². The first kappa shape index (κ1) is 11.0. The molecule has 0 aliphatic carbocycles. The number of hydrogen-bond donors (Lipinski definition) is 2. The number of ether oxygens (including phenoxy) is 1. The summed E-state index contributed by atoms with van der Waals surface area (Å²) in [6, 6.07) is 3.24. The maximum absolute atomic E-state index is 9.24. The highest BCUT2D eigenvalue weighted by atomic mass is 35.5. The third kappa shape index (κ3) is 2.21. The largest absolute Gasteiger partial charge is 0.490 e. The minimum Gasteiger partial charge on any atom is -0.490 e. The van der Waals surface area contributed by atoms with Crippen molar-refractivity contribution in [1.29, 1.82) is 0 Å². The van der Waals surface area contributed by atoms with Crippen LogP contribution in [0.15, 0.2) is 12.1 Å². The summed E-state index contributed by atoms with van der Waals surface area (Å²) in [5.74, 6) is 0.616. The third-order valence-corrected chi connectivity index (χ3v) is 2.83. The Labute approximate surface area is 97.9 Å². The van der Waals surface area contributed by atoms with Crippen molar-refractivity contribution < 1.29 is 9.84 Å². The molecule has 0 aromatic heterocycles. The van der Waals surface area contributed by atoms with E-state index in [1.54, 1.807) is 12.1 Å². The quantitative estimate of drug-likeness (QED) is 0.798. The topological polar surface area (TPSA) is 41.5 Å². The predicted molar refractivity (Wildman–Crippen MR) is 59.8 cm³/mol. The number of aliphatic hydroxyl groups excluding tert-OH is 1. The van der Waals surface area contributed by atoms with Crippen LogP contribution in [0.1, 0.15) is 11.6 Å². The van der Waals surface area contributed by atoms with Gasteiger partial charge in [-0.15, -0.1) is 0 Å². The van der Waals surface area contributed by atoms with E-state index in [-0.39, 0.29) is 12.6 Å². The van der Waals surface area contributed by atoms with Crippen molar-refractivity contribution >= 4 is 23.2 Å². The minimum atomic E-state index is -0.168. The first-order valence-corrected chi connectivity index (χ1v) is 5.44. The molecule has 1 unspecified atom stereocenters. The van der Waals surface area contributed by atoms with E-state index in [0.717, 1.165) is 5.56 Å². The molecule has 2 rings (SSSR count). The van der Waals surface area contributed by atoms with Gasteiger partial charge in [-0.1, -0.05) is 23.2 Å². The maximum Gasteiger partial charge on any atom is 0.142 e. The van der Waals surface area contributed by atoms with E-state index in [1.807, 2.05) is 0 Å². The van der Waals surface area contributed by atoms with E-state index in [2.05, 4.69) is 5.32 Å². The Kier molecular flexibility index (Phi) is 3.36. The Balaban J connectivity index is 2.50. The SMILES string of the molecule is OCC1NCCOc2c(Cl)cc(Cl)cc21. The zero-order valence-corrected chi connectivity index (χ0v) is 9.48. The van der Waals surface area contributed by atoms with E-state index < -0.39 is 0 Å². The zero-order valence-electron chi connectivity index (χ0n) is 7.96. The molecule has 2 N–H and O–H groups in total. The highest BCUT2D eigenvalue weighted by molar-refractivity contribution is 6.35. The van der Waals surface area contributed by atoms with Crippen LogP contribution in [0.25, 0.3) is 0 Å². The summed E-state index contributed by atoms with van der Waals surface area (Å²) >= 11 is 11.9. The van der Waals surface area contributed by atoms with Crippen LogP contribution in [-0.4, -0.2) is 24.9 Å². The van der Waals surface area contributed by atoms with Crippen LogP contribution in [0.5, 0.6) is 5.75 Å². The molecular formula is C10H11Cl2NO2. The van der Waals surface area contributed by atoms with Crippen molar-refractivity contribution in [3.63, 3.8) is 0 Å². The summed E-state index contributed by atoms with van der Waals surface area (Å²) in [5.41, 5.74) is 0.813. The van der Waals surface area contributed by atoms with Crippen LogP contribution >= 0.6 is 23.2 Å². The van der Waals surface area contributed by atoms with E-state index in [4.69, 9.17) is 27.9 Å². The van der Waals surface area contributed by atoms with Crippen molar-refractivity contribution in [3.8, 4) is 5.75 Å². The first-order valence-electron chi connectivity index (χ1n) is 4.68. The molecule has 82 valence electrons. The number of nitrogens with one attached hydrogen (secondary N) is 1. The second-order valence-corrected chi connectivity index (χ2v) is 4.19. The first-order chi connectivity index (χ1) is 7.22. The highest BCUT2D eigenvalue weighted by Crippen LogP contribution is 2.36. The molecule has 15 heavy (non-hydrogen) atoms. The lowest BCUT2D eigenvalue weighted by Crippen LogP contribution is -2.25. The predicted octanol–water partition coefficient (Wildman–Crippen LogP) is 2.01. The van der Waals surface area contributed by atoms with E-state index in [1.165, 1.54) is 0 Å². The van der Waals surface area contributed by atoms with Crippen molar-refractivity contribution in [2.45, 2.75) is 6.04 Å². The molecule has 0 saturated heterocycles. The van der Waals surface area contributed by atoms with Gasteiger partial charge in [0.05, 0.1) is 17.7 Å². The van der Waals surface area contributed by atoms with Gasteiger partial charge in [0, 0.05) is 17.1 Å². The van der Waals surface area contributed by atoms with Gasteiger partial charge < -0.3 is 15.2 Å². The lowest BCUT2D eigenvalue weighted by molar-refractivity contribution is 0.245. The molecule has 0 radical (unpaired) electrons. The summed E-state index contributed by atoms with van der Waals surface area (Å²) in [7, 11) is 0. The normalized spacial score (nSPS) is 20.3. The van der Waals surface area contributed by atoms with Gasteiger partial charge >= 0.3 is 0 Å². The Bertz CT molecular complexity index is 371. The molecular weight excluding hydrogens is 237 g/mol. The van der Waals surface area contributed by atoms with Crippen LogP contribution in [0.3, 0.4) is 0 Å². The fraction of sp³-hybridized carbons (Fsp3) is 0.400. The number of fused-ring (bicyclic) bond motifs is 1. The molecule has 1 atom stereocenters. The lowest BCUT2D eigenvalue weighted by atomic mass is 10.1. The van der Waals surface area contributed by atoms with E-state index in [9.17, 15) is 5.11 Å². The van der Waals surface area contributed by atoms with Crippen LogP contribution in [0, 0.1) is 0 Å². The molecule has 0 spiro atoms. The van der Waals surface area contributed by atoms with Crippen LogP contribution in [0.4, 0.5) is 0 Å². The van der Waals surface area contributed by atoms with Gasteiger partial charge in [-0.3, -0.25) is 0 Å². The number of aliphatic hydroxyl groups is 1. The lowest BCUT2D eigenvalue weighted by Gasteiger charge is -2.15. The number of rotatable bonds is 1. The highest BCUT2D eigenvalue weighted by Gasteiger charge is 2.21. The van der Waals surface area contributed by atoms with Crippen LogP contribution < -0.4 is 10.1 Å². The molecule has 0 bridgehead atoms. The fourth-order valence-electron chi connectivity index (χ4n) is 1.65. The number of benzene rings is 1. The zero-order chi connectivity index (χ0) is 10.8. The molecule has 0 fully saturated rings. The second-order valence-electron chi connectivity index (χ2n) is 3.34. The minimum absolute atomic E-state index is 0.00691. The van der Waals surface area contributed by atoms with Crippen LogP contribution in [0.2, 0.25) is 10.0 Å². The molecule has 1 heterocycles. The Hall–Kier alpha value is -0.480. The summed E-state index contributed by atoms with van der Waals surface area (Å²) in [4.78, 5) is 0. The third-order valence-electron chi connectivity index (χ3n) is 2.33. The molecule has 1 aromatic carbocycles. The molecule has 0 amide bonds. The second kappa shape index (κ2) is 4.58. The van der Waals surface area contributed by atoms with Gasteiger partial charge in [0.25, 0.3) is 0 Å². The smallest absolute Gasteiger partial charge is 0.142 e. The van der Waals surface area contributed by atoms with Gasteiger partial charge in [0.2, 0.25) is 0 Å². The van der Waals surface area contributed by atoms with Gasteiger partial charge in [-0.05, 0) is 12.1 Å². The molecule has 0 saturated carbocycles. The van der Waals surface area contributed by atoms with Crippen LogP contribution in [-0.2, 0) is 0 Å². The van der Waals surface area contributed by atoms with E-state index in [0.29, 0.717) is 28.9 Å². The number of hydrogen-bond acceptors (Lipinski definition) is 3. The summed E-state index contributed by atoms with van der Waals surface area (Å²) in [5, 5.41) is 13.4. The summed E-state index contributed by atoms with van der Waals surface area (Å²) in [6.07, 6.45) is 0. The average molecular weight is 248 g/mol. The Morgan fingerprint density at radius 1 is 1.47 bits per heavy atom. The van der Waals surface area contributed by atoms with Gasteiger partial charge in [0.15, 0.2) is 0 Å². The average Bonchev–Trinajstić information content (AvgIpc) is 2.39. The summed E-state index contributed by atoms with van der Waals surface area (Å²) in [6.45, 7) is 1.20. The molecule has 1 aromatic rings. The molecule has 1 aliphatic heterocycles. The molecule has 5 heteroatoms. The Morgan fingerprint density at radius 3 is 3.00 bits per heavy atom. The van der Waals surface area contributed by atoms with Crippen molar-refractivity contribution in [2.24, 2.45) is 0 Å². The standard InChI is InChI=1S/C10H11Cl2NO2/c11-6-3-7-9(5-14)13-1-2-15-10(7)8(12)4-6/h3-4,9,13-14H,1-2,5H2. The monoisotopic (exact) mass is 247 g/mol. The maximum atomic E-state index is 9.24. The Morgan fingerprint density at radius 2 is 2.27 bits per heavy atom. The fourth-order valence-corrected chi connectivity index (χ4v) is 2.21. The number of halogens is 2. The van der Waals surface area contributed by atoms with Gasteiger partial charge in [0.1, 0.15) is 12.4 Å². The van der Waals surface area contributed by atoms with Crippen molar-refractivity contribution in [1.82, 2.24) is 5.32 Å². The molecule has 1 aliphatic rings. The van der Waals surface area contributed by atoms with Crippen molar-refractivity contribution in [3.05, 3.63) is 27.7 Å². The summed E-state index contributed by atoms with van der Waals surface area (Å²) < 4.78 is 5.50.